The van der Waals surface area contributed by atoms with Crippen LogP contribution in [-0.4, -0.2) is 31.6 Å². The number of hydrogen-bond donors (Lipinski definition) is 2. The first-order chi connectivity index (χ1) is 8.32. The molecule has 0 saturated carbocycles. The average Bonchev–Trinajstić information content (AvgIpc) is 2.34. The van der Waals surface area contributed by atoms with Gasteiger partial charge in [0.2, 0.25) is 0 Å². The number of alkyl halides is 3. The van der Waals surface area contributed by atoms with E-state index >= 15 is 0 Å². The van der Waals surface area contributed by atoms with Crippen LogP contribution in [0.25, 0.3) is 0 Å². The summed E-state index contributed by atoms with van der Waals surface area (Å²) in [7, 11) is 2.59. The van der Waals surface area contributed by atoms with Crippen LogP contribution < -0.4 is 15.2 Å². The van der Waals surface area contributed by atoms with Crippen molar-refractivity contribution in [1.29, 1.82) is 0 Å². The molecule has 4 nitrogen and oxygen atoms in total. The zero-order valence-electron chi connectivity index (χ0n) is 10.3. The zero-order valence-corrected chi connectivity index (χ0v) is 11.1. The number of ether oxygens (including phenoxy) is 2. The fraction of sp³-hybridized carbons (Fsp3) is 0.455. The molecule has 0 aliphatic carbocycles. The van der Waals surface area contributed by atoms with Gasteiger partial charge in [0, 0.05) is 0 Å². The van der Waals surface area contributed by atoms with Crippen molar-refractivity contribution >= 4 is 12.4 Å². The van der Waals surface area contributed by atoms with Gasteiger partial charge in [0.25, 0.3) is 0 Å². The molecule has 19 heavy (non-hydrogen) atoms. The van der Waals surface area contributed by atoms with Crippen LogP contribution in [0.1, 0.15) is 11.6 Å². The predicted molar refractivity (Wildman–Crippen MR) is 65.8 cm³/mol. The first kappa shape index (κ1) is 17.8. The fourth-order valence-electron chi connectivity index (χ4n) is 1.57. The standard InChI is InChI=1S/C11H14F3NO3.ClH/c1-17-6-4-3-5-7(18-2)8(6)9(15)10(16)11(12,13)14;/h3-5,9-10,16H,15H2,1-2H3;1H/t9-,10-;/m1./s1. The van der Waals surface area contributed by atoms with Crippen LogP contribution >= 0.6 is 12.4 Å². The highest BCUT2D eigenvalue weighted by atomic mass is 35.5. The Bertz CT molecular complexity index is 392. The number of aliphatic hydroxyl groups excluding tert-OH is 1. The maximum absolute atomic E-state index is 12.4. The Morgan fingerprint density at radius 3 is 1.89 bits per heavy atom. The summed E-state index contributed by atoms with van der Waals surface area (Å²) >= 11 is 0. The summed E-state index contributed by atoms with van der Waals surface area (Å²) in [5.74, 6) is 0.260. The van der Waals surface area contributed by atoms with Gasteiger partial charge in [-0.05, 0) is 12.1 Å². The lowest BCUT2D eigenvalue weighted by atomic mass is 9.99. The summed E-state index contributed by atoms with van der Waals surface area (Å²) in [5, 5.41) is 9.19. The molecule has 3 N–H and O–H groups in total. The Morgan fingerprint density at radius 1 is 1.16 bits per heavy atom. The van der Waals surface area contributed by atoms with E-state index < -0.39 is 18.3 Å². The van der Waals surface area contributed by atoms with E-state index in [2.05, 4.69) is 0 Å². The number of benzene rings is 1. The molecule has 8 heteroatoms. The first-order valence-electron chi connectivity index (χ1n) is 5.04. The van der Waals surface area contributed by atoms with Crippen molar-refractivity contribution in [1.82, 2.24) is 0 Å². The molecule has 0 aliphatic rings. The minimum Gasteiger partial charge on any atom is -0.496 e. The molecule has 0 fully saturated rings. The van der Waals surface area contributed by atoms with Crippen LogP contribution in [-0.2, 0) is 0 Å². The largest absolute Gasteiger partial charge is 0.496 e. The van der Waals surface area contributed by atoms with E-state index in [1.54, 1.807) is 6.07 Å². The van der Waals surface area contributed by atoms with Crippen molar-refractivity contribution in [2.75, 3.05) is 14.2 Å². The average molecular weight is 302 g/mol. The molecule has 0 aliphatic heterocycles. The van der Waals surface area contributed by atoms with E-state index in [0.29, 0.717) is 0 Å². The van der Waals surface area contributed by atoms with Gasteiger partial charge in [-0.15, -0.1) is 12.4 Å². The number of nitrogens with two attached hydrogens (primary N) is 1. The number of rotatable bonds is 4. The SMILES string of the molecule is COc1cccc(OC)c1[C@@H](N)[C@@H](O)C(F)(F)F.Cl. The molecule has 1 aromatic carbocycles. The molecule has 0 bridgehead atoms. The number of aliphatic hydroxyl groups is 1. The van der Waals surface area contributed by atoms with E-state index in [0.717, 1.165) is 0 Å². The van der Waals surface area contributed by atoms with Gasteiger partial charge in [0.05, 0.1) is 25.8 Å². The maximum atomic E-state index is 12.4. The second-order valence-corrected chi connectivity index (χ2v) is 3.59. The Balaban J connectivity index is 0.00000324. The topological polar surface area (TPSA) is 64.7 Å². The Kier molecular flexibility index (Phi) is 6.41. The normalized spacial score (nSPS) is 14.3. The highest BCUT2D eigenvalue weighted by Crippen LogP contribution is 2.38. The highest BCUT2D eigenvalue weighted by molar-refractivity contribution is 5.85. The number of hydrogen-bond acceptors (Lipinski definition) is 4. The van der Waals surface area contributed by atoms with Gasteiger partial charge in [0.15, 0.2) is 6.10 Å². The predicted octanol–water partition coefficient (Wildman–Crippen LogP) is 2.05. The van der Waals surface area contributed by atoms with Gasteiger partial charge in [-0.25, -0.2) is 0 Å². The smallest absolute Gasteiger partial charge is 0.416 e. The molecule has 2 atom stereocenters. The minimum atomic E-state index is -4.81. The third-order valence-electron chi connectivity index (χ3n) is 2.47. The van der Waals surface area contributed by atoms with E-state index in [9.17, 15) is 18.3 Å². The summed E-state index contributed by atoms with van der Waals surface area (Å²) in [6, 6.07) is 2.76. The van der Waals surface area contributed by atoms with Gasteiger partial charge in [-0.2, -0.15) is 13.2 Å². The van der Waals surface area contributed by atoms with Crippen molar-refractivity contribution in [2.45, 2.75) is 18.3 Å². The lowest BCUT2D eigenvalue weighted by molar-refractivity contribution is -0.210. The van der Waals surface area contributed by atoms with Crippen LogP contribution in [0.4, 0.5) is 13.2 Å². The molecule has 0 saturated heterocycles. The Morgan fingerprint density at radius 2 is 1.58 bits per heavy atom. The molecule has 0 heterocycles. The van der Waals surface area contributed by atoms with Gasteiger partial charge in [-0.3, -0.25) is 0 Å². The summed E-state index contributed by atoms with van der Waals surface area (Å²) in [6.07, 6.45) is -7.51. The molecule has 0 amide bonds. The Hall–Kier alpha value is -1.18. The van der Waals surface area contributed by atoms with Crippen LogP contribution in [0.3, 0.4) is 0 Å². The van der Waals surface area contributed by atoms with Gasteiger partial charge in [-0.1, -0.05) is 6.07 Å². The monoisotopic (exact) mass is 301 g/mol. The molecule has 110 valence electrons. The van der Waals surface area contributed by atoms with Crippen LogP contribution in [0.15, 0.2) is 18.2 Å². The summed E-state index contributed by atoms with van der Waals surface area (Å²) in [6.45, 7) is 0. The van der Waals surface area contributed by atoms with E-state index in [1.807, 2.05) is 0 Å². The van der Waals surface area contributed by atoms with E-state index in [4.69, 9.17) is 15.2 Å². The molecule has 0 aromatic heterocycles. The molecular weight excluding hydrogens is 287 g/mol. The summed E-state index contributed by atoms with van der Waals surface area (Å²) in [4.78, 5) is 0. The molecule has 1 rings (SSSR count). The minimum absolute atomic E-state index is 0. The maximum Gasteiger partial charge on any atom is 0.416 e. The van der Waals surface area contributed by atoms with Crippen molar-refractivity contribution in [3.8, 4) is 11.5 Å². The Labute approximate surface area is 114 Å². The third kappa shape index (κ3) is 3.89. The quantitative estimate of drug-likeness (QED) is 0.893. The van der Waals surface area contributed by atoms with Crippen molar-refractivity contribution < 1.29 is 27.8 Å². The number of methoxy groups -OCH3 is 2. The van der Waals surface area contributed by atoms with Crippen molar-refractivity contribution in [3.63, 3.8) is 0 Å². The van der Waals surface area contributed by atoms with Gasteiger partial charge in [0.1, 0.15) is 11.5 Å². The van der Waals surface area contributed by atoms with Crippen molar-refractivity contribution in [2.24, 2.45) is 5.73 Å². The molecule has 0 spiro atoms. The van der Waals surface area contributed by atoms with E-state index in [1.165, 1.54) is 26.4 Å². The molecule has 1 aromatic rings. The van der Waals surface area contributed by atoms with Crippen LogP contribution in [0.5, 0.6) is 11.5 Å². The summed E-state index contributed by atoms with van der Waals surface area (Å²) in [5.41, 5.74) is 5.43. The second kappa shape index (κ2) is 6.83. The molecular formula is C11H15ClF3NO3. The van der Waals surface area contributed by atoms with Crippen LogP contribution in [0, 0.1) is 0 Å². The fourth-order valence-corrected chi connectivity index (χ4v) is 1.57. The van der Waals surface area contributed by atoms with Gasteiger partial charge < -0.3 is 20.3 Å². The lowest BCUT2D eigenvalue weighted by Gasteiger charge is -2.24. The highest BCUT2D eigenvalue weighted by Gasteiger charge is 2.44. The first-order valence-corrected chi connectivity index (χ1v) is 5.04. The van der Waals surface area contributed by atoms with Crippen molar-refractivity contribution in [3.05, 3.63) is 23.8 Å². The van der Waals surface area contributed by atoms with Gasteiger partial charge >= 0.3 is 6.18 Å². The van der Waals surface area contributed by atoms with E-state index in [-0.39, 0.29) is 29.5 Å². The molecule has 0 unspecified atom stereocenters. The second-order valence-electron chi connectivity index (χ2n) is 3.59. The van der Waals surface area contributed by atoms with Crippen LogP contribution in [0.2, 0.25) is 0 Å². The lowest BCUT2D eigenvalue weighted by Crippen LogP contribution is -2.39. The summed E-state index contributed by atoms with van der Waals surface area (Å²) < 4.78 is 47.2. The third-order valence-corrected chi connectivity index (χ3v) is 2.47. The number of halogens is 4. The zero-order chi connectivity index (χ0) is 13.9. The molecule has 0 radical (unpaired) electrons.